The topological polar surface area (TPSA) is 59.8 Å². The molecular weight excluding hydrogens is 216 g/mol. The van der Waals surface area contributed by atoms with E-state index in [0.29, 0.717) is 11.0 Å². The normalized spacial score (nSPS) is 20.6. The van der Waals surface area contributed by atoms with E-state index >= 15 is 0 Å². The van der Waals surface area contributed by atoms with Crippen molar-refractivity contribution < 1.29 is 0 Å². The Labute approximate surface area is 98.5 Å². The minimum absolute atomic E-state index is 0.0377. The molecule has 2 aromatic heterocycles. The average molecular weight is 230 g/mol. The van der Waals surface area contributed by atoms with Gasteiger partial charge >= 0.3 is 0 Å². The summed E-state index contributed by atoms with van der Waals surface area (Å²) in [6.45, 7) is 1.87. The molecule has 1 unspecified atom stereocenters. The highest BCUT2D eigenvalue weighted by atomic mass is 16.1. The van der Waals surface area contributed by atoms with Crippen LogP contribution in [0.4, 0.5) is 0 Å². The smallest absolute Gasteiger partial charge is 0.280 e. The van der Waals surface area contributed by atoms with Gasteiger partial charge in [0.05, 0.1) is 17.9 Å². The maximum atomic E-state index is 12.3. The van der Waals surface area contributed by atoms with Gasteiger partial charge in [0.25, 0.3) is 5.56 Å². The first kappa shape index (κ1) is 10.4. The van der Waals surface area contributed by atoms with Crippen LogP contribution in [0.1, 0.15) is 18.9 Å². The van der Waals surface area contributed by atoms with Crippen LogP contribution in [0.3, 0.4) is 0 Å². The summed E-state index contributed by atoms with van der Waals surface area (Å²) in [6.07, 6.45) is 5.39. The number of aromatic nitrogens is 3. The predicted molar refractivity (Wildman–Crippen MR) is 64.9 cm³/mol. The maximum absolute atomic E-state index is 12.3. The summed E-state index contributed by atoms with van der Waals surface area (Å²) in [5.74, 6) is 0. The standard InChI is InChI=1S/C12H14N4O/c17-12-11-10(4-2-6-14-11)15-8-16(12)9-3-1-5-13-7-9/h2,4,6,8-9,13H,1,3,5,7H2. The van der Waals surface area contributed by atoms with Crippen LogP contribution in [0.25, 0.3) is 11.0 Å². The number of hydrogen-bond acceptors (Lipinski definition) is 4. The molecule has 1 atom stereocenters. The summed E-state index contributed by atoms with van der Waals surface area (Å²) < 4.78 is 1.71. The van der Waals surface area contributed by atoms with Crippen molar-refractivity contribution in [2.45, 2.75) is 18.9 Å². The van der Waals surface area contributed by atoms with Crippen LogP contribution < -0.4 is 10.9 Å². The van der Waals surface area contributed by atoms with E-state index in [1.807, 2.05) is 6.07 Å². The second-order valence-corrected chi connectivity index (χ2v) is 4.33. The number of rotatable bonds is 1. The summed E-state index contributed by atoms with van der Waals surface area (Å²) in [5.41, 5.74) is 1.09. The molecule has 2 aromatic rings. The fraction of sp³-hybridized carbons (Fsp3) is 0.417. The van der Waals surface area contributed by atoms with Crippen LogP contribution in [-0.2, 0) is 0 Å². The maximum Gasteiger partial charge on any atom is 0.280 e. The quantitative estimate of drug-likeness (QED) is 0.784. The zero-order valence-corrected chi connectivity index (χ0v) is 9.47. The lowest BCUT2D eigenvalue weighted by Crippen LogP contribution is -2.36. The van der Waals surface area contributed by atoms with Crippen molar-refractivity contribution in [3.8, 4) is 0 Å². The van der Waals surface area contributed by atoms with Crippen molar-refractivity contribution >= 4 is 11.0 Å². The number of fused-ring (bicyclic) bond motifs is 1. The monoisotopic (exact) mass is 230 g/mol. The second-order valence-electron chi connectivity index (χ2n) is 4.33. The SMILES string of the molecule is O=c1c2ncccc2ncn1C1CCCNC1. The Bertz CT molecular complexity index is 586. The Morgan fingerprint density at radius 2 is 2.35 bits per heavy atom. The molecule has 0 radical (unpaired) electrons. The van der Waals surface area contributed by atoms with Crippen molar-refractivity contribution in [1.29, 1.82) is 0 Å². The lowest BCUT2D eigenvalue weighted by atomic mass is 10.1. The van der Waals surface area contributed by atoms with Crippen molar-refractivity contribution in [3.63, 3.8) is 0 Å². The van der Waals surface area contributed by atoms with E-state index in [1.165, 1.54) is 0 Å². The zero-order valence-electron chi connectivity index (χ0n) is 9.47. The highest BCUT2D eigenvalue weighted by Crippen LogP contribution is 2.14. The number of nitrogens with one attached hydrogen (secondary N) is 1. The zero-order chi connectivity index (χ0) is 11.7. The van der Waals surface area contributed by atoms with E-state index in [9.17, 15) is 4.79 Å². The van der Waals surface area contributed by atoms with Gasteiger partial charge in [0.1, 0.15) is 0 Å². The molecule has 0 spiro atoms. The van der Waals surface area contributed by atoms with Gasteiger partial charge in [0.15, 0.2) is 5.52 Å². The first-order valence-electron chi connectivity index (χ1n) is 5.89. The van der Waals surface area contributed by atoms with E-state index in [0.717, 1.165) is 25.9 Å². The third-order valence-electron chi connectivity index (χ3n) is 3.21. The molecule has 88 valence electrons. The summed E-state index contributed by atoms with van der Waals surface area (Å²) in [5, 5.41) is 3.30. The lowest BCUT2D eigenvalue weighted by Gasteiger charge is -2.24. The largest absolute Gasteiger partial charge is 0.315 e. The number of nitrogens with zero attached hydrogens (tertiary/aromatic N) is 3. The first-order valence-corrected chi connectivity index (χ1v) is 5.89. The van der Waals surface area contributed by atoms with E-state index in [4.69, 9.17) is 0 Å². The van der Waals surface area contributed by atoms with Gasteiger partial charge in [-0.1, -0.05) is 0 Å². The van der Waals surface area contributed by atoms with Crippen molar-refractivity contribution in [3.05, 3.63) is 35.0 Å². The van der Waals surface area contributed by atoms with Gasteiger partial charge in [-0.05, 0) is 31.5 Å². The van der Waals surface area contributed by atoms with Crippen LogP contribution in [0.5, 0.6) is 0 Å². The molecular formula is C12H14N4O. The van der Waals surface area contributed by atoms with Crippen LogP contribution in [0.15, 0.2) is 29.5 Å². The molecule has 0 bridgehead atoms. The van der Waals surface area contributed by atoms with E-state index in [1.54, 1.807) is 23.2 Å². The minimum atomic E-state index is -0.0377. The highest BCUT2D eigenvalue weighted by Gasteiger charge is 2.17. The molecule has 5 nitrogen and oxygen atoms in total. The molecule has 0 aromatic carbocycles. The van der Waals surface area contributed by atoms with Crippen molar-refractivity contribution in [1.82, 2.24) is 19.9 Å². The van der Waals surface area contributed by atoms with Gasteiger partial charge in [0, 0.05) is 12.7 Å². The van der Waals surface area contributed by atoms with Crippen molar-refractivity contribution in [2.24, 2.45) is 0 Å². The van der Waals surface area contributed by atoms with Gasteiger partial charge in [-0.2, -0.15) is 0 Å². The third kappa shape index (κ3) is 1.82. The number of pyridine rings is 1. The molecule has 1 saturated heterocycles. The fourth-order valence-corrected chi connectivity index (χ4v) is 2.30. The third-order valence-corrected chi connectivity index (χ3v) is 3.21. The van der Waals surface area contributed by atoms with Gasteiger partial charge in [0.2, 0.25) is 0 Å². The van der Waals surface area contributed by atoms with E-state index < -0.39 is 0 Å². The molecule has 0 aliphatic carbocycles. The van der Waals surface area contributed by atoms with Gasteiger partial charge in [-0.3, -0.25) is 9.36 Å². The molecule has 1 aliphatic rings. The minimum Gasteiger partial charge on any atom is -0.315 e. The highest BCUT2D eigenvalue weighted by molar-refractivity contribution is 5.71. The molecule has 0 amide bonds. The lowest BCUT2D eigenvalue weighted by molar-refractivity contribution is 0.362. The molecule has 5 heteroatoms. The van der Waals surface area contributed by atoms with Crippen LogP contribution >= 0.6 is 0 Å². The van der Waals surface area contributed by atoms with E-state index in [2.05, 4.69) is 15.3 Å². The van der Waals surface area contributed by atoms with Gasteiger partial charge in [-0.15, -0.1) is 0 Å². The molecule has 3 rings (SSSR count). The fourth-order valence-electron chi connectivity index (χ4n) is 2.30. The Kier molecular flexibility index (Phi) is 2.60. The molecule has 0 saturated carbocycles. The molecule has 1 N–H and O–H groups in total. The molecule has 3 heterocycles. The predicted octanol–water partition coefficient (Wildman–Crippen LogP) is 0.716. The number of hydrogen-bond donors (Lipinski definition) is 1. The summed E-state index contributed by atoms with van der Waals surface area (Å²) >= 11 is 0. The van der Waals surface area contributed by atoms with Crippen molar-refractivity contribution in [2.75, 3.05) is 13.1 Å². The van der Waals surface area contributed by atoms with Gasteiger partial charge < -0.3 is 5.32 Å². The second kappa shape index (κ2) is 4.25. The number of piperidine rings is 1. The Morgan fingerprint density at radius 1 is 1.41 bits per heavy atom. The molecule has 1 fully saturated rings. The van der Waals surface area contributed by atoms with Crippen LogP contribution in [0, 0.1) is 0 Å². The average Bonchev–Trinajstić information content (AvgIpc) is 2.40. The molecule has 1 aliphatic heterocycles. The summed E-state index contributed by atoms with van der Waals surface area (Å²) in [7, 11) is 0. The van der Waals surface area contributed by atoms with E-state index in [-0.39, 0.29) is 11.6 Å². The molecule has 17 heavy (non-hydrogen) atoms. The Morgan fingerprint density at radius 3 is 3.18 bits per heavy atom. The summed E-state index contributed by atoms with van der Waals surface area (Å²) in [6, 6.07) is 3.81. The Hall–Kier alpha value is -1.75. The van der Waals surface area contributed by atoms with Crippen LogP contribution in [-0.4, -0.2) is 27.6 Å². The first-order chi connectivity index (χ1) is 8.36. The Balaban J connectivity index is 2.11. The van der Waals surface area contributed by atoms with Crippen LogP contribution in [0.2, 0.25) is 0 Å². The summed E-state index contributed by atoms with van der Waals surface area (Å²) in [4.78, 5) is 20.7. The van der Waals surface area contributed by atoms with Gasteiger partial charge in [-0.25, -0.2) is 9.97 Å².